The fourth-order valence-electron chi connectivity index (χ4n) is 4.58. The quantitative estimate of drug-likeness (QED) is 0.248. The van der Waals surface area contributed by atoms with Gasteiger partial charge < -0.3 is 15.4 Å². The Bertz CT molecular complexity index is 1590. The number of carbonyl (C=O) groups is 3. The van der Waals surface area contributed by atoms with E-state index in [0.717, 1.165) is 24.0 Å². The number of nitrogens with zero attached hydrogens (tertiary/aromatic N) is 2. The first-order valence-electron chi connectivity index (χ1n) is 13.5. The van der Waals surface area contributed by atoms with Crippen molar-refractivity contribution >= 4 is 46.1 Å². The Hall–Kier alpha value is -4.22. The molecule has 1 unspecified atom stereocenters. The van der Waals surface area contributed by atoms with E-state index in [-0.39, 0.29) is 24.3 Å². The number of benzene rings is 3. The molecule has 3 amide bonds. The van der Waals surface area contributed by atoms with Crippen LogP contribution in [0.1, 0.15) is 39.7 Å². The number of amides is 3. The molecule has 1 aliphatic carbocycles. The lowest BCUT2D eigenvalue weighted by molar-refractivity contribution is -0.120. The van der Waals surface area contributed by atoms with Crippen molar-refractivity contribution in [1.82, 2.24) is 15.2 Å². The zero-order valence-corrected chi connectivity index (χ0v) is 24.0. The lowest BCUT2D eigenvalue weighted by Gasteiger charge is -2.28. The van der Waals surface area contributed by atoms with E-state index in [4.69, 9.17) is 4.74 Å². The van der Waals surface area contributed by atoms with Gasteiger partial charge in [-0.3, -0.25) is 14.5 Å². The number of nitrogens with one attached hydrogen (secondary N) is 2. The molecule has 2 heterocycles. The van der Waals surface area contributed by atoms with Gasteiger partial charge in [-0.2, -0.15) is 0 Å². The Morgan fingerprint density at radius 2 is 1.71 bits per heavy atom. The largest absolute Gasteiger partial charge is 0.444 e. The van der Waals surface area contributed by atoms with Crippen molar-refractivity contribution < 1.29 is 23.5 Å². The Balaban J connectivity index is 1.16. The molecule has 6 rings (SSSR count). The second-order valence-corrected chi connectivity index (χ2v) is 12.0. The summed E-state index contributed by atoms with van der Waals surface area (Å²) in [6, 6.07) is 22.0. The summed E-state index contributed by atoms with van der Waals surface area (Å²) in [6.45, 7) is 0.0239. The topological polar surface area (TPSA) is 101 Å². The molecule has 8 nitrogen and oxygen atoms in total. The molecule has 4 aromatic rings. The van der Waals surface area contributed by atoms with Crippen molar-refractivity contribution in [3.8, 4) is 11.3 Å². The average molecular weight is 603 g/mol. The molecule has 3 aromatic carbocycles. The van der Waals surface area contributed by atoms with Gasteiger partial charge in [-0.05, 0) is 36.6 Å². The van der Waals surface area contributed by atoms with Crippen molar-refractivity contribution in [2.45, 2.75) is 36.9 Å². The summed E-state index contributed by atoms with van der Waals surface area (Å²) < 4.78 is 20.3. The second kappa shape index (κ2) is 12.3. The van der Waals surface area contributed by atoms with Crippen LogP contribution in [0.5, 0.6) is 0 Å². The number of thiazole rings is 1. The highest BCUT2D eigenvalue weighted by molar-refractivity contribution is 7.99. The number of anilines is 1. The molecule has 1 saturated heterocycles. The van der Waals surface area contributed by atoms with E-state index < -0.39 is 29.2 Å². The molecule has 0 spiro atoms. The Labute approximate surface area is 250 Å². The SMILES string of the molecule is O=C(NC1CC1)c1ccc(-c2csc(NC(=O)C3CS[C@H](c4ccccc4F)N3C(=O)OCc3ccccc3)n2)cc1. The molecule has 2 atom stereocenters. The first-order valence-corrected chi connectivity index (χ1v) is 15.4. The fraction of sp³-hybridized carbons (Fsp3) is 0.226. The smallest absolute Gasteiger partial charge is 0.412 e. The van der Waals surface area contributed by atoms with Crippen molar-refractivity contribution in [2.24, 2.45) is 0 Å². The standard InChI is InChI=1S/C31H27FN4O4S2/c32-24-9-5-4-8-23(24)29-36(31(39)40-16-19-6-2-1-3-7-19)26(18-41-29)28(38)35-30-34-25(17-42-30)20-10-12-21(13-11-20)27(37)33-22-14-15-22/h1-13,17,22,26,29H,14-16,18H2,(H,33,37)(H,34,35,38)/t26?,29-/m1/s1. The highest BCUT2D eigenvalue weighted by Gasteiger charge is 2.44. The van der Waals surface area contributed by atoms with E-state index in [1.165, 1.54) is 34.1 Å². The van der Waals surface area contributed by atoms with E-state index in [1.54, 1.807) is 30.3 Å². The van der Waals surface area contributed by atoms with Crippen LogP contribution >= 0.6 is 23.1 Å². The van der Waals surface area contributed by atoms with Gasteiger partial charge in [-0.25, -0.2) is 14.2 Å². The number of hydrogen-bond donors (Lipinski definition) is 2. The van der Waals surface area contributed by atoms with Crippen LogP contribution in [-0.4, -0.2) is 45.6 Å². The molecule has 1 aliphatic heterocycles. The summed E-state index contributed by atoms with van der Waals surface area (Å²) in [4.78, 5) is 45.0. The minimum absolute atomic E-state index is 0.0239. The van der Waals surface area contributed by atoms with E-state index in [2.05, 4.69) is 15.6 Å². The Morgan fingerprint density at radius 1 is 0.976 bits per heavy atom. The molecule has 1 saturated carbocycles. The van der Waals surface area contributed by atoms with E-state index in [0.29, 0.717) is 22.0 Å². The van der Waals surface area contributed by atoms with Crippen LogP contribution in [0.4, 0.5) is 14.3 Å². The van der Waals surface area contributed by atoms with Crippen LogP contribution in [0.3, 0.4) is 0 Å². The normalized spacial score (nSPS) is 18.0. The molecule has 11 heteroatoms. The van der Waals surface area contributed by atoms with Crippen molar-refractivity contribution in [2.75, 3.05) is 11.1 Å². The zero-order chi connectivity index (χ0) is 29.1. The number of hydrogen-bond acceptors (Lipinski definition) is 7. The maximum atomic E-state index is 14.8. The highest BCUT2D eigenvalue weighted by atomic mass is 32.2. The van der Waals surface area contributed by atoms with Gasteiger partial charge in [0.05, 0.1) is 5.69 Å². The van der Waals surface area contributed by atoms with Crippen LogP contribution < -0.4 is 10.6 Å². The third kappa shape index (κ3) is 6.32. The number of ether oxygens (including phenoxy) is 1. The molecule has 1 aromatic heterocycles. The summed E-state index contributed by atoms with van der Waals surface area (Å²) in [5.41, 5.74) is 3.13. The van der Waals surface area contributed by atoms with Crippen LogP contribution in [0.15, 0.2) is 84.2 Å². The highest BCUT2D eigenvalue weighted by Crippen LogP contribution is 2.43. The molecule has 42 heavy (non-hydrogen) atoms. The predicted molar refractivity (Wildman–Crippen MR) is 161 cm³/mol. The molecule has 2 aliphatic rings. The lowest BCUT2D eigenvalue weighted by Crippen LogP contribution is -2.45. The van der Waals surface area contributed by atoms with Crippen molar-refractivity contribution in [3.63, 3.8) is 0 Å². The van der Waals surface area contributed by atoms with Gasteiger partial charge in [0.2, 0.25) is 5.91 Å². The van der Waals surface area contributed by atoms with Gasteiger partial charge in [0, 0.05) is 33.9 Å². The van der Waals surface area contributed by atoms with Gasteiger partial charge in [0.1, 0.15) is 23.8 Å². The third-order valence-electron chi connectivity index (χ3n) is 6.98. The van der Waals surface area contributed by atoms with Crippen LogP contribution in [0, 0.1) is 5.82 Å². The first-order chi connectivity index (χ1) is 20.5. The maximum absolute atomic E-state index is 14.8. The summed E-state index contributed by atoms with van der Waals surface area (Å²) in [7, 11) is 0. The summed E-state index contributed by atoms with van der Waals surface area (Å²) in [5.74, 6) is -0.734. The van der Waals surface area contributed by atoms with Crippen LogP contribution in [0.25, 0.3) is 11.3 Å². The van der Waals surface area contributed by atoms with Gasteiger partial charge in [-0.15, -0.1) is 23.1 Å². The van der Waals surface area contributed by atoms with Crippen molar-refractivity contribution in [3.05, 3.63) is 107 Å². The minimum atomic E-state index is -0.903. The zero-order valence-electron chi connectivity index (χ0n) is 22.4. The summed E-state index contributed by atoms with van der Waals surface area (Å²) in [6.07, 6.45) is 1.34. The van der Waals surface area contributed by atoms with Gasteiger partial charge in [-0.1, -0.05) is 60.7 Å². The number of thioether (sulfide) groups is 1. The van der Waals surface area contributed by atoms with Crippen LogP contribution in [-0.2, 0) is 16.1 Å². The lowest BCUT2D eigenvalue weighted by atomic mass is 10.1. The molecule has 2 N–H and O–H groups in total. The number of rotatable bonds is 8. The molecule has 214 valence electrons. The number of carbonyl (C=O) groups excluding carboxylic acids is 3. The monoisotopic (exact) mass is 602 g/mol. The van der Waals surface area contributed by atoms with Gasteiger partial charge in [0.15, 0.2) is 5.13 Å². The van der Waals surface area contributed by atoms with E-state index >= 15 is 0 Å². The van der Waals surface area contributed by atoms with Crippen LogP contribution in [0.2, 0.25) is 0 Å². The number of aromatic nitrogens is 1. The predicted octanol–water partition coefficient (Wildman–Crippen LogP) is 6.23. The molecule has 2 fully saturated rings. The second-order valence-electron chi connectivity index (χ2n) is 10.0. The number of halogens is 1. The minimum Gasteiger partial charge on any atom is -0.444 e. The van der Waals surface area contributed by atoms with Gasteiger partial charge >= 0.3 is 6.09 Å². The first kappa shape index (κ1) is 27.9. The molecule has 0 radical (unpaired) electrons. The molecule has 0 bridgehead atoms. The maximum Gasteiger partial charge on any atom is 0.412 e. The van der Waals surface area contributed by atoms with Crippen molar-refractivity contribution in [1.29, 1.82) is 0 Å². The average Bonchev–Trinajstić information content (AvgIpc) is 3.51. The fourth-order valence-corrected chi connectivity index (χ4v) is 6.74. The Morgan fingerprint density at radius 3 is 2.45 bits per heavy atom. The van der Waals surface area contributed by atoms with E-state index in [9.17, 15) is 18.8 Å². The molecular formula is C31H27FN4O4S2. The van der Waals surface area contributed by atoms with E-state index in [1.807, 2.05) is 47.8 Å². The Kier molecular flexibility index (Phi) is 8.20. The van der Waals surface area contributed by atoms with Gasteiger partial charge in [0.25, 0.3) is 5.91 Å². The third-order valence-corrected chi connectivity index (χ3v) is 9.04. The summed E-state index contributed by atoms with van der Waals surface area (Å²) in [5, 5.41) is 7.24. The molecular weight excluding hydrogens is 575 g/mol. The summed E-state index contributed by atoms with van der Waals surface area (Å²) >= 11 is 2.55.